The topological polar surface area (TPSA) is 135 Å². The van der Waals surface area contributed by atoms with Gasteiger partial charge in [0.05, 0.1) is 9.79 Å². The van der Waals surface area contributed by atoms with E-state index in [1.54, 1.807) is 0 Å². The summed E-state index contributed by atoms with van der Waals surface area (Å²) >= 11 is 5.71. The van der Waals surface area contributed by atoms with E-state index in [1.807, 2.05) is 0 Å². The molecule has 2 aromatic rings. The van der Waals surface area contributed by atoms with Crippen LogP contribution >= 0.6 is 11.6 Å². The van der Waals surface area contributed by atoms with E-state index in [4.69, 9.17) is 16.7 Å². The van der Waals surface area contributed by atoms with Crippen molar-refractivity contribution in [2.24, 2.45) is 5.14 Å². The number of hydrogen-bond donors (Lipinski definition) is 3. The molecule has 140 valence electrons. The van der Waals surface area contributed by atoms with Crippen LogP contribution in [0.25, 0.3) is 0 Å². The van der Waals surface area contributed by atoms with Gasteiger partial charge < -0.3 is 5.32 Å². The zero-order valence-corrected chi connectivity index (χ0v) is 15.7. The number of primary sulfonamides is 1. The number of carbonyl (C=O) groups is 1. The van der Waals surface area contributed by atoms with Gasteiger partial charge in [-0.15, -0.1) is 0 Å². The molecular weight excluding hydrogens is 402 g/mol. The molecule has 11 heteroatoms. The molecule has 0 heterocycles. The minimum atomic E-state index is -3.81. The Morgan fingerprint density at radius 1 is 0.923 bits per heavy atom. The number of carbonyl (C=O) groups excluding carboxylic acids is 1. The normalized spacial score (nSPS) is 11.9. The van der Waals surface area contributed by atoms with Gasteiger partial charge >= 0.3 is 0 Å². The Balaban J connectivity index is 1.88. The molecule has 0 bridgehead atoms. The van der Waals surface area contributed by atoms with Gasteiger partial charge in [0.1, 0.15) is 0 Å². The van der Waals surface area contributed by atoms with E-state index in [-0.39, 0.29) is 22.8 Å². The van der Waals surface area contributed by atoms with Gasteiger partial charge in [-0.1, -0.05) is 11.6 Å². The van der Waals surface area contributed by atoms with Crippen molar-refractivity contribution in [2.75, 3.05) is 11.9 Å². The van der Waals surface area contributed by atoms with Crippen LogP contribution in [-0.4, -0.2) is 29.3 Å². The summed E-state index contributed by atoms with van der Waals surface area (Å²) in [5, 5.41) is 7.92. The standard InChI is InChI=1S/C15H16ClN3O5S2/c16-11-1-5-14(6-2-11)26(23,24)18-10-9-15(20)19-12-3-7-13(8-4-12)25(17,21)22/h1-8,18H,9-10H2,(H,19,20)(H2,17,21,22). The van der Waals surface area contributed by atoms with Crippen molar-refractivity contribution in [3.8, 4) is 0 Å². The maximum Gasteiger partial charge on any atom is 0.240 e. The Hall–Kier alpha value is -1.98. The van der Waals surface area contributed by atoms with Crippen molar-refractivity contribution in [3.63, 3.8) is 0 Å². The van der Waals surface area contributed by atoms with Gasteiger partial charge in [-0.3, -0.25) is 4.79 Å². The molecule has 2 aromatic carbocycles. The first-order valence-corrected chi connectivity index (χ1v) is 10.7. The molecular formula is C15H16ClN3O5S2. The summed E-state index contributed by atoms with van der Waals surface area (Å²) in [5.41, 5.74) is 0.364. The van der Waals surface area contributed by atoms with Gasteiger partial charge in [0.25, 0.3) is 0 Å². The van der Waals surface area contributed by atoms with E-state index in [2.05, 4.69) is 10.0 Å². The Morgan fingerprint density at radius 2 is 1.46 bits per heavy atom. The van der Waals surface area contributed by atoms with Crippen LogP contribution in [0.5, 0.6) is 0 Å². The van der Waals surface area contributed by atoms with Gasteiger partial charge in [0.15, 0.2) is 0 Å². The number of sulfonamides is 2. The Bertz CT molecular complexity index is 989. The molecule has 1 amide bonds. The highest BCUT2D eigenvalue weighted by Crippen LogP contribution is 2.14. The summed E-state index contributed by atoms with van der Waals surface area (Å²) in [7, 11) is -7.54. The van der Waals surface area contributed by atoms with E-state index in [1.165, 1.54) is 48.5 Å². The van der Waals surface area contributed by atoms with Crippen LogP contribution in [0.2, 0.25) is 5.02 Å². The molecule has 8 nitrogen and oxygen atoms in total. The van der Waals surface area contributed by atoms with Crippen LogP contribution in [0.15, 0.2) is 58.3 Å². The maximum absolute atomic E-state index is 12.1. The molecule has 0 atom stereocenters. The third kappa shape index (κ3) is 5.78. The number of benzene rings is 2. The lowest BCUT2D eigenvalue weighted by molar-refractivity contribution is -0.116. The Kier molecular flexibility index (Phi) is 6.37. The van der Waals surface area contributed by atoms with Crippen LogP contribution in [0.3, 0.4) is 0 Å². The molecule has 0 aliphatic rings. The quantitative estimate of drug-likeness (QED) is 0.623. The predicted molar refractivity (Wildman–Crippen MR) is 97.7 cm³/mol. The minimum absolute atomic E-state index is 0.0425. The van der Waals surface area contributed by atoms with Crippen molar-refractivity contribution >= 4 is 43.2 Å². The second-order valence-electron chi connectivity index (χ2n) is 5.22. The third-order valence-corrected chi connectivity index (χ3v) is 5.89. The van der Waals surface area contributed by atoms with Crippen LogP contribution < -0.4 is 15.2 Å². The van der Waals surface area contributed by atoms with Crippen molar-refractivity contribution in [3.05, 3.63) is 53.6 Å². The fourth-order valence-corrected chi connectivity index (χ4v) is 3.62. The molecule has 0 unspecified atom stereocenters. The number of amides is 1. The van der Waals surface area contributed by atoms with Crippen molar-refractivity contribution in [2.45, 2.75) is 16.2 Å². The zero-order chi connectivity index (χ0) is 19.4. The van der Waals surface area contributed by atoms with E-state index in [0.29, 0.717) is 10.7 Å². The summed E-state index contributed by atoms with van der Waals surface area (Å²) in [6.07, 6.45) is -0.107. The van der Waals surface area contributed by atoms with Crippen LogP contribution in [0, 0.1) is 0 Å². The monoisotopic (exact) mass is 417 g/mol. The second kappa shape index (κ2) is 8.14. The number of hydrogen-bond acceptors (Lipinski definition) is 5. The fourth-order valence-electron chi connectivity index (χ4n) is 1.95. The van der Waals surface area contributed by atoms with Crippen LogP contribution in [-0.2, 0) is 24.8 Å². The van der Waals surface area contributed by atoms with E-state index in [0.717, 1.165) is 0 Å². The molecule has 0 saturated carbocycles. The Labute approximate surface area is 156 Å². The average molecular weight is 418 g/mol. The third-order valence-electron chi connectivity index (χ3n) is 3.23. The number of nitrogens with one attached hydrogen (secondary N) is 2. The number of anilines is 1. The molecule has 0 aliphatic heterocycles. The molecule has 0 aliphatic carbocycles. The first-order valence-electron chi connectivity index (χ1n) is 7.26. The van der Waals surface area contributed by atoms with Crippen molar-refractivity contribution in [1.29, 1.82) is 0 Å². The lowest BCUT2D eigenvalue weighted by atomic mass is 10.3. The van der Waals surface area contributed by atoms with Gasteiger partial charge in [-0.25, -0.2) is 26.7 Å². The number of nitrogens with two attached hydrogens (primary N) is 1. The van der Waals surface area contributed by atoms with Crippen molar-refractivity contribution in [1.82, 2.24) is 4.72 Å². The highest BCUT2D eigenvalue weighted by atomic mass is 35.5. The summed E-state index contributed by atoms with van der Waals surface area (Å²) in [5.74, 6) is -0.438. The first kappa shape index (κ1) is 20.3. The zero-order valence-electron chi connectivity index (χ0n) is 13.3. The minimum Gasteiger partial charge on any atom is -0.326 e. The highest BCUT2D eigenvalue weighted by Gasteiger charge is 2.14. The maximum atomic E-state index is 12.1. The average Bonchev–Trinajstić information content (AvgIpc) is 2.54. The van der Waals surface area contributed by atoms with E-state index >= 15 is 0 Å². The molecule has 0 radical (unpaired) electrons. The molecule has 0 aromatic heterocycles. The predicted octanol–water partition coefficient (Wildman–Crippen LogP) is 1.29. The summed E-state index contributed by atoms with van der Waals surface area (Å²) < 4.78 is 48.7. The molecule has 0 spiro atoms. The van der Waals surface area contributed by atoms with Crippen molar-refractivity contribution < 1.29 is 21.6 Å². The highest BCUT2D eigenvalue weighted by molar-refractivity contribution is 7.89. The van der Waals surface area contributed by atoms with Gasteiger partial charge in [-0.05, 0) is 48.5 Å². The van der Waals surface area contributed by atoms with E-state index in [9.17, 15) is 21.6 Å². The second-order valence-corrected chi connectivity index (χ2v) is 8.98. The molecule has 0 saturated heterocycles. The number of halogens is 1. The molecule has 4 N–H and O–H groups in total. The molecule has 2 rings (SSSR count). The smallest absolute Gasteiger partial charge is 0.240 e. The summed E-state index contributed by atoms with van der Waals surface area (Å²) in [6.45, 7) is -0.105. The van der Waals surface area contributed by atoms with Crippen LogP contribution in [0.4, 0.5) is 5.69 Å². The SMILES string of the molecule is NS(=O)(=O)c1ccc(NC(=O)CCNS(=O)(=O)c2ccc(Cl)cc2)cc1. The Morgan fingerprint density at radius 3 is 2.00 bits per heavy atom. The van der Waals surface area contributed by atoms with Crippen LogP contribution in [0.1, 0.15) is 6.42 Å². The van der Waals surface area contributed by atoms with Gasteiger partial charge in [-0.2, -0.15) is 0 Å². The van der Waals surface area contributed by atoms with Gasteiger partial charge in [0.2, 0.25) is 26.0 Å². The summed E-state index contributed by atoms with van der Waals surface area (Å²) in [4.78, 5) is 11.8. The summed E-state index contributed by atoms with van der Waals surface area (Å²) in [6, 6.07) is 10.9. The first-order chi connectivity index (χ1) is 12.1. The largest absolute Gasteiger partial charge is 0.326 e. The van der Waals surface area contributed by atoms with Gasteiger partial charge in [0, 0.05) is 23.7 Å². The molecule has 26 heavy (non-hydrogen) atoms. The number of rotatable bonds is 7. The lowest BCUT2D eigenvalue weighted by Crippen LogP contribution is -2.27. The lowest BCUT2D eigenvalue weighted by Gasteiger charge is -2.08. The fraction of sp³-hybridized carbons (Fsp3) is 0.133. The van der Waals surface area contributed by atoms with E-state index < -0.39 is 26.0 Å². The molecule has 0 fully saturated rings.